The summed E-state index contributed by atoms with van der Waals surface area (Å²) in [5.74, 6) is -1.48. The molecule has 2 amide bonds. The molecule has 4 aliphatic rings. The Labute approximate surface area is 203 Å². The van der Waals surface area contributed by atoms with Gasteiger partial charge in [0, 0.05) is 12.1 Å². The van der Waals surface area contributed by atoms with E-state index in [1.165, 1.54) is 4.90 Å². The normalized spacial score (nSPS) is 26.1. The highest BCUT2D eigenvalue weighted by Gasteiger charge is 2.67. The minimum absolute atomic E-state index is 0.127. The topological polar surface area (TPSA) is 49.7 Å². The van der Waals surface area contributed by atoms with E-state index in [2.05, 4.69) is 24.3 Å². The van der Waals surface area contributed by atoms with Crippen molar-refractivity contribution in [1.82, 2.24) is 0 Å². The standard InChI is InChI=1S/C31H22N2O2/c34-29-27-26-22-15-7-9-17-24(22)31(25-18-10-8-16-23(25)26,19-32-20-11-3-1-4-12-20)28(27)30(35)33(29)21-13-5-2-6-14-21/h1-19,26-28H/t26?,27-,28-,31?/m1/s1. The number of imide groups is 1. The van der Waals surface area contributed by atoms with Crippen molar-refractivity contribution in [2.75, 3.05) is 4.90 Å². The van der Waals surface area contributed by atoms with Gasteiger partial charge in [0.1, 0.15) is 0 Å². The molecule has 1 heterocycles. The molecule has 168 valence electrons. The van der Waals surface area contributed by atoms with Crippen LogP contribution in [-0.4, -0.2) is 18.0 Å². The van der Waals surface area contributed by atoms with E-state index in [0.717, 1.165) is 27.9 Å². The minimum atomic E-state index is -0.835. The first-order chi connectivity index (χ1) is 17.2. The van der Waals surface area contributed by atoms with Gasteiger partial charge in [-0.2, -0.15) is 0 Å². The molecule has 0 spiro atoms. The zero-order valence-corrected chi connectivity index (χ0v) is 18.9. The average molecular weight is 455 g/mol. The third-order valence-electron chi connectivity index (χ3n) is 7.87. The average Bonchev–Trinajstić information content (AvgIpc) is 3.19. The molecule has 1 saturated heterocycles. The van der Waals surface area contributed by atoms with Crippen LogP contribution < -0.4 is 4.90 Å². The van der Waals surface area contributed by atoms with Gasteiger partial charge in [-0.15, -0.1) is 0 Å². The van der Waals surface area contributed by atoms with Crippen molar-refractivity contribution in [1.29, 1.82) is 0 Å². The number of nitrogens with zero attached hydrogens (tertiary/aromatic N) is 2. The molecule has 3 aliphatic carbocycles. The number of rotatable bonds is 3. The van der Waals surface area contributed by atoms with Gasteiger partial charge in [0.15, 0.2) is 0 Å². The van der Waals surface area contributed by atoms with Gasteiger partial charge in [-0.25, -0.2) is 4.90 Å². The van der Waals surface area contributed by atoms with Crippen molar-refractivity contribution >= 4 is 29.4 Å². The Balaban J connectivity index is 1.53. The third kappa shape index (κ3) is 2.59. The van der Waals surface area contributed by atoms with Crippen molar-refractivity contribution in [3.05, 3.63) is 131 Å². The molecule has 0 radical (unpaired) electrons. The van der Waals surface area contributed by atoms with E-state index >= 15 is 0 Å². The number of benzene rings is 4. The van der Waals surface area contributed by atoms with E-state index in [1.54, 1.807) is 0 Å². The monoisotopic (exact) mass is 454 g/mol. The quantitative estimate of drug-likeness (QED) is 0.297. The molecule has 35 heavy (non-hydrogen) atoms. The van der Waals surface area contributed by atoms with E-state index < -0.39 is 17.3 Å². The second kappa shape index (κ2) is 7.34. The van der Waals surface area contributed by atoms with Gasteiger partial charge in [-0.3, -0.25) is 14.6 Å². The number of carbonyl (C=O) groups is 2. The summed E-state index contributed by atoms with van der Waals surface area (Å²) in [5.41, 5.74) is 4.98. The first-order valence-electron chi connectivity index (χ1n) is 11.9. The van der Waals surface area contributed by atoms with Crippen molar-refractivity contribution in [3.8, 4) is 0 Å². The minimum Gasteiger partial charge on any atom is -0.274 e. The van der Waals surface area contributed by atoms with E-state index in [-0.39, 0.29) is 17.7 Å². The Morgan fingerprint density at radius 1 is 0.657 bits per heavy atom. The molecule has 0 saturated carbocycles. The summed E-state index contributed by atoms with van der Waals surface area (Å²) in [6.45, 7) is 0. The number of hydrogen-bond acceptors (Lipinski definition) is 3. The van der Waals surface area contributed by atoms with Crippen LogP contribution in [0.4, 0.5) is 11.4 Å². The number of anilines is 1. The van der Waals surface area contributed by atoms with Gasteiger partial charge in [0.05, 0.1) is 28.6 Å². The predicted molar refractivity (Wildman–Crippen MR) is 136 cm³/mol. The molecule has 0 N–H and O–H groups in total. The SMILES string of the molecule is O=C1[C@@H]2C3c4ccccc4C(C=Nc4ccccc4)(c4ccccc43)[C@H]2C(=O)N1c1ccccc1. The molecule has 4 heteroatoms. The second-order valence-corrected chi connectivity index (χ2v) is 9.47. The summed E-state index contributed by atoms with van der Waals surface area (Å²) in [5, 5.41) is 0. The first-order valence-corrected chi connectivity index (χ1v) is 11.9. The zero-order chi connectivity index (χ0) is 23.6. The number of para-hydroxylation sites is 2. The van der Waals surface area contributed by atoms with E-state index in [4.69, 9.17) is 4.99 Å². The molecule has 1 aliphatic heterocycles. The van der Waals surface area contributed by atoms with Crippen molar-refractivity contribution < 1.29 is 9.59 Å². The fourth-order valence-electron chi connectivity index (χ4n) is 6.57. The lowest BCUT2D eigenvalue weighted by Gasteiger charge is -2.52. The molecule has 0 unspecified atom stereocenters. The van der Waals surface area contributed by atoms with Crippen LogP contribution in [0.2, 0.25) is 0 Å². The van der Waals surface area contributed by atoms with Crippen LogP contribution in [0.25, 0.3) is 0 Å². The number of amides is 2. The predicted octanol–water partition coefficient (Wildman–Crippen LogP) is 5.64. The molecule has 1 fully saturated rings. The molecule has 2 atom stereocenters. The first kappa shape index (κ1) is 20.1. The fraction of sp³-hybridized carbons (Fsp3) is 0.129. The van der Waals surface area contributed by atoms with Crippen LogP contribution in [0.15, 0.2) is 114 Å². The Hall–Kier alpha value is -4.31. The maximum absolute atomic E-state index is 14.2. The van der Waals surface area contributed by atoms with Crippen molar-refractivity contribution in [2.45, 2.75) is 11.3 Å². The molecular weight excluding hydrogens is 432 g/mol. The molecule has 4 aromatic carbocycles. The molecule has 4 nitrogen and oxygen atoms in total. The lowest BCUT2D eigenvalue weighted by atomic mass is 9.47. The zero-order valence-electron chi connectivity index (χ0n) is 18.9. The summed E-state index contributed by atoms with van der Waals surface area (Å²) in [6, 6.07) is 35.6. The van der Waals surface area contributed by atoms with E-state index in [9.17, 15) is 9.59 Å². The fourth-order valence-corrected chi connectivity index (χ4v) is 6.57. The van der Waals surface area contributed by atoms with Crippen LogP contribution in [0.5, 0.6) is 0 Å². The van der Waals surface area contributed by atoms with E-state index in [0.29, 0.717) is 5.69 Å². The second-order valence-electron chi connectivity index (χ2n) is 9.47. The number of carbonyl (C=O) groups excluding carboxylic acids is 2. The summed E-state index contributed by atoms with van der Waals surface area (Å²) in [4.78, 5) is 34.6. The molecule has 0 aromatic heterocycles. The van der Waals surface area contributed by atoms with Crippen molar-refractivity contribution in [2.24, 2.45) is 16.8 Å². The van der Waals surface area contributed by atoms with Crippen LogP contribution in [-0.2, 0) is 15.0 Å². The van der Waals surface area contributed by atoms with Gasteiger partial charge in [-0.05, 0) is 46.5 Å². The van der Waals surface area contributed by atoms with Crippen molar-refractivity contribution in [3.63, 3.8) is 0 Å². The Morgan fingerprint density at radius 2 is 1.20 bits per heavy atom. The maximum Gasteiger partial charge on any atom is 0.239 e. The smallest absolute Gasteiger partial charge is 0.239 e. The van der Waals surface area contributed by atoms with E-state index in [1.807, 2.05) is 91.1 Å². The van der Waals surface area contributed by atoms with Gasteiger partial charge in [-0.1, -0.05) is 84.9 Å². The van der Waals surface area contributed by atoms with Gasteiger partial charge in [0.2, 0.25) is 11.8 Å². The van der Waals surface area contributed by atoms with Gasteiger partial charge in [0.25, 0.3) is 0 Å². The highest BCUT2D eigenvalue weighted by molar-refractivity contribution is 6.25. The lowest BCUT2D eigenvalue weighted by molar-refractivity contribution is -0.122. The summed E-state index contributed by atoms with van der Waals surface area (Å²) in [6.07, 6.45) is 1.94. The van der Waals surface area contributed by atoms with Gasteiger partial charge >= 0.3 is 0 Å². The third-order valence-corrected chi connectivity index (χ3v) is 7.87. The highest BCUT2D eigenvalue weighted by atomic mass is 16.2. The summed E-state index contributed by atoms with van der Waals surface area (Å²) in [7, 11) is 0. The number of aliphatic imine (C=N–C) groups is 1. The van der Waals surface area contributed by atoms with Gasteiger partial charge < -0.3 is 0 Å². The number of hydrogen-bond donors (Lipinski definition) is 0. The van der Waals surface area contributed by atoms with Crippen LogP contribution >= 0.6 is 0 Å². The summed E-state index contributed by atoms with van der Waals surface area (Å²) < 4.78 is 0. The maximum atomic E-state index is 14.2. The van der Waals surface area contributed by atoms with Crippen LogP contribution in [0.3, 0.4) is 0 Å². The molecule has 8 rings (SSSR count). The highest BCUT2D eigenvalue weighted by Crippen LogP contribution is 2.63. The molecular formula is C31H22N2O2. The molecule has 2 bridgehead atoms. The Morgan fingerprint density at radius 3 is 1.83 bits per heavy atom. The molecule has 4 aromatic rings. The Bertz CT molecular complexity index is 1460. The largest absolute Gasteiger partial charge is 0.274 e. The van der Waals surface area contributed by atoms with Crippen LogP contribution in [0, 0.1) is 11.8 Å². The lowest BCUT2D eigenvalue weighted by Crippen LogP contribution is -2.54. The summed E-state index contributed by atoms with van der Waals surface area (Å²) >= 11 is 0. The van der Waals surface area contributed by atoms with Crippen LogP contribution in [0.1, 0.15) is 28.2 Å². The Kier molecular flexibility index (Phi) is 4.22.